The highest BCUT2D eigenvalue weighted by Crippen LogP contribution is 2.26. The maximum absolute atomic E-state index is 13.2. The first kappa shape index (κ1) is 21.8. The summed E-state index contributed by atoms with van der Waals surface area (Å²) in [5, 5.41) is 0.113. The lowest BCUT2D eigenvalue weighted by molar-refractivity contribution is -0.130. The van der Waals surface area contributed by atoms with E-state index in [2.05, 4.69) is 0 Å². The maximum Gasteiger partial charge on any atom is 0.331 e. The molecule has 2 aromatic rings. The van der Waals surface area contributed by atoms with E-state index in [1.165, 1.54) is 34.1 Å². The van der Waals surface area contributed by atoms with Crippen molar-refractivity contribution in [2.24, 2.45) is 7.05 Å². The summed E-state index contributed by atoms with van der Waals surface area (Å²) < 4.78 is 30.1. The Kier molecular flexibility index (Phi) is 5.78. The minimum Gasteiger partial charge on any atom is -0.341 e. The van der Waals surface area contributed by atoms with Crippen LogP contribution in [0.3, 0.4) is 0 Å². The van der Waals surface area contributed by atoms with Gasteiger partial charge in [-0.3, -0.25) is 18.7 Å². The van der Waals surface area contributed by atoms with Crippen LogP contribution in [0.4, 0.5) is 0 Å². The molecule has 1 aromatic carbocycles. The summed E-state index contributed by atoms with van der Waals surface area (Å²) >= 11 is 0. The smallest absolute Gasteiger partial charge is 0.331 e. The largest absolute Gasteiger partial charge is 0.341 e. The van der Waals surface area contributed by atoms with Gasteiger partial charge in [-0.15, -0.1) is 0 Å². The second-order valence-electron chi connectivity index (χ2n) is 8.46. The number of rotatable bonds is 4. The van der Waals surface area contributed by atoms with Gasteiger partial charge in [0.1, 0.15) is 6.54 Å². The second-order valence-corrected chi connectivity index (χ2v) is 10.4. The zero-order valence-electron chi connectivity index (χ0n) is 17.9. The van der Waals surface area contributed by atoms with Gasteiger partial charge in [0.15, 0.2) is 0 Å². The Labute approximate surface area is 180 Å². The first-order chi connectivity index (χ1) is 14.7. The second kappa shape index (κ2) is 8.23. The van der Waals surface area contributed by atoms with E-state index in [0.29, 0.717) is 25.2 Å². The molecule has 3 heterocycles. The van der Waals surface area contributed by atoms with E-state index < -0.39 is 21.3 Å². The van der Waals surface area contributed by atoms with Gasteiger partial charge in [-0.05, 0) is 50.8 Å². The molecule has 0 aliphatic carbocycles. The molecule has 0 saturated carbocycles. The number of amides is 1. The Balaban J connectivity index is 1.79. The van der Waals surface area contributed by atoms with Gasteiger partial charge in [0.25, 0.3) is 5.56 Å². The third-order valence-electron chi connectivity index (χ3n) is 6.42. The summed E-state index contributed by atoms with van der Waals surface area (Å²) in [7, 11) is -2.25. The quantitative estimate of drug-likeness (QED) is 0.691. The number of aryl methyl sites for hydroxylation is 1. The van der Waals surface area contributed by atoms with Gasteiger partial charge in [-0.2, -0.15) is 4.31 Å². The molecule has 1 atom stereocenters. The van der Waals surface area contributed by atoms with Gasteiger partial charge < -0.3 is 4.90 Å². The number of likely N-dealkylation sites (tertiary alicyclic amines) is 1. The molecule has 168 valence electrons. The number of sulfonamides is 1. The zero-order chi connectivity index (χ0) is 22.3. The Morgan fingerprint density at radius 3 is 2.42 bits per heavy atom. The van der Waals surface area contributed by atoms with Crippen molar-refractivity contribution in [2.45, 2.75) is 56.5 Å². The molecule has 2 aliphatic heterocycles. The van der Waals surface area contributed by atoms with Crippen molar-refractivity contribution in [2.75, 3.05) is 19.6 Å². The van der Waals surface area contributed by atoms with E-state index in [4.69, 9.17) is 0 Å². The van der Waals surface area contributed by atoms with Crippen molar-refractivity contribution in [3.8, 4) is 0 Å². The Morgan fingerprint density at radius 2 is 1.74 bits per heavy atom. The van der Waals surface area contributed by atoms with Crippen LogP contribution in [0.2, 0.25) is 0 Å². The van der Waals surface area contributed by atoms with E-state index in [0.717, 1.165) is 36.7 Å². The SMILES string of the molecule is CC1CCCCN1S(=O)(=O)c1ccc2c(c1)c(=O)n(CC(=O)N1CCCC1)c(=O)n2C. The number of carbonyl (C=O) groups excluding carboxylic acids is 1. The fourth-order valence-electron chi connectivity index (χ4n) is 4.56. The Hall–Kier alpha value is -2.46. The molecule has 31 heavy (non-hydrogen) atoms. The maximum atomic E-state index is 13.2. The van der Waals surface area contributed by atoms with Crippen molar-refractivity contribution in [3.05, 3.63) is 39.0 Å². The van der Waals surface area contributed by atoms with Gasteiger partial charge in [-0.1, -0.05) is 6.42 Å². The highest BCUT2D eigenvalue weighted by molar-refractivity contribution is 7.89. The number of fused-ring (bicyclic) bond motifs is 1. The van der Waals surface area contributed by atoms with Crippen LogP contribution < -0.4 is 11.2 Å². The van der Waals surface area contributed by atoms with Crippen LogP contribution in [0.15, 0.2) is 32.7 Å². The molecule has 4 rings (SSSR count). The number of carbonyl (C=O) groups is 1. The average molecular weight is 449 g/mol. The van der Waals surface area contributed by atoms with Crippen LogP contribution in [0.25, 0.3) is 10.9 Å². The minimum absolute atomic E-state index is 0.0296. The molecule has 0 radical (unpaired) electrons. The summed E-state index contributed by atoms with van der Waals surface area (Å²) in [6, 6.07) is 4.17. The summed E-state index contributed by atoms with van der Waals surface area (Å²) in [6.07, 6.45) is 4.41. The highest BCUT2D eigenvalue weighted by atomic mass is 32.2. The van der Waals surface area contributed by atoms with Gasteiger partial charge in [0, 0.05) is 32.7 Å². The average Bonchev–Trinajstić information content (AvgIpc) is 3.30. The fraction of sp³-hybridized carbons (Fsp3) is 0.571. The predicted molar refractivity (Wildman–Crippen MR) is 116 cm³/mol. The summed E-state index contributed by atoms with van der Waals surface area (Å²) in [5.74, 6) is -0.276. The molecule has 10 heteroatoms. The molecule has 2 saturated heterocycles. The molecule has 1 aromatic heterocycles. The van der Waals surface area contributed by atoms with Crippen molar-refractivity contribution in [1.82, 2.24) is 18.3 Å². The zero-order valence-corrected chi connectivity index (χ0v) is 18.7. The topological polar surface area (TPSA) is 102 Å². The number of hydrogen-bond donors (Lipinski definition) is 0. The van der Waals surface area contributed by atoms with Crippen LogP contribution >= 0.6 is 0 Å². The molecule has 0 spiro atoms. The molecule has 1 unspecified atom stereocenters. The van der Waals surface area contributed by atoms with E-state index in [9.17, 15) is 22.8 Å². The van der Waals surface area contributed by atoms with E-state index in [1.807, 2.05) is 6.92 Å². The number of piperidine rings is 1. The molecule has 2 aliphatic rings. The Bertz CT molecular complexity index is 1240. The number of aromatic nitrogens is 2. The summed E-state index contributed by atoms with van der Waals surface area (Å²) in [5.41, 5.74) is -0.898. The van der Waals surface area contributed by atoms with Crippen LogP contribution in [-0.2, 0) is 28.4 Å². The lowest BCUT2D eigenvalue weighted by Gasteiger charge is -2.32. The van der Waals surface area contributed by atoms with Crippen molar-refractivity contribution >= 4 is 26.8 Å². The minimum atomic E-state index is -3.77. The third kappa shape index (κ3) is 3.82. The van der Waals surface area contributed by atoms with E-state index >= 15 is 0 Å². The van der Waals surface area contributed by atoms with Gasteiger partial charge >= 0.3 is 5.69 Å². The first-order valence-corrected chi connectivity index (χ1v) is 12.2. The lowest BCUT2D eigenvalue weighted by atomic mass is 10.1. The normalized spacial score (nSPS) is 20.5. The van der Waals surface area contributed by atoms with Gasteiger partial charge in [-0.25, -0.2) is 13.2 Å². The molecular formula is C21H28N4O5S. The molecule has 0 N–H and O–H groups in total. The van der Waals surface area contributed by atoms with Crippen LogP contribution in [-0.4, -0.2) is 58.3 Å². The number of hydrogen-bond acceptors (Lipinski definition) is 5. The van der Waals surface area contributed by atoms with Crippen molar-refractivity contribution in [3.63, 3.8) is 0 Å². The van der Waals surface area contributed by atoms with Crippen LogP contribution in [0, 0.1) is 0 Å². The third-order valence-corrected chi connectivity index (χ3v) is 8.43. The van der Waals surface area contributed by atoms with E-state index in [1.54, 1.807) is 4.90 Å². The summed E-state index contributed by atoms with van der Waals surface area (Å²) in [4.78, 5) is 40.1. The molecule has 2 fully saturated rings. The number of benzene rings is 1. The first-order valence-electron chi connectivity index (χ1n) is 10.7. The highest BCUT2D eigenvalue weighted by Gasteiger charge is 2.31. The predicted octanol–water partition coefficient (Wildman–Crippen LogP) is 0.886. The molecule has 9 nitrogen and oxygen atoms in total. The van der Waals surface area contributed by atoms with Crippen molar-refractivity contribution < 1.29 is 13.2 Å². The van der Waals surface area contributed by atoms with Crippen LogP contribution in [0.1, 0.15) is 39.0 Å². The van der Waals surface area contributed by atoms with Gasteiger partial charge in [0.05, 0.1) is 15.8 Å². The fourth-order valence-corrected chi connectivity index (χ4v) is 6.29. The van der Waals surface area contributed by atoms with Gasteiger partial charge in [0.2, 0.25) is 15.9 Å². The van der Waals surface area contributed by atoms with Crippen molar-refractivity contribution in [1.29, 1.82) is 0 Å². The van der Waals surface area contributed by atoms with Crippen LogP contribution in [0.5, 0.6) is 0 Å². The lowest BCUT2D eigenvalue weighted by Crippen LogP contribution is -2.44. The molecule has 0 bridgehead atoms. The monoisotopic (exact) mass is 448 g/mol. The Morgan fingerprint density at radius 1 is 1.06 bits per heavy atom. The molecule has 1 amide bonds. The standard InChI is InChI=1S/C21H28N4O5S/c1-15-7-3-4-12-25(15)31(29,30)16-8-9-18-17(13-16)20(27)24(21(28)22(18)2)14-19(26)23-10-5-6-11-23/h8-9,13,15H,3-7,10-12,14H2,1-2H3. The van der Waals surface area contributed by atoms with E-state index in [-0.39, 0.29) is 28.8 Å². The molecular weight excluding hydrogens is 420 g/mol. The summed E-state index contributed by atoms with van der Waals surface area (Å²) in [6.45, 7) is 3.24. The number of nitrogens with zero attached hydrogens (tertiary/aromatic N) is 4.